The minimum absolute atomic E-state index is 0.0355. The monoisotopic (exact) mass is 295 g/mol. The molecular weight excluding hydrogens is 274 g/mol. The van der Waals surface area contributed by atoms with E-state index in [0.29, 0.717) is 22.8 Å². The molecule has 1 aliphatic rings. The zero-order valence-electron chi connectivity index (χ0n) is 11.9. The highest BCUT2D eigenvalue weighted by molar-refractivity contribution is 7.19. The Morgan fingerprint density at radius 3 is 2.45 bits per heavy atom. The molecular formula is C14H21N3O2S. The minimum atomic E-state index is -0.553. The zero-order chi connectivity index (χ0) is 14.9. The normalized spacial score (nSPS) is 16.4. The minimum Gasteiger partial charge on any atom is -0.397 e. The maximum absolute atomic E-state index is 11.9. The first-order valence-corrected chi connectivity index (χ1v) is 7.77. The van der Waals surface area contributed by atoms with Gasteiger partial charge in [0.15, 0.2) is 5.78 Å². The van der Waals surface area contributed by atoms with Crippen LogP contribution in [0, 0.1) is 5.92 Å². The highest BCUT2D eigenvalue weighted by Crippen LogP contribution is 2.40. The van der Waals surface area contributed by atoms with Gasteiger partial charge < -0.3 is 16.4 Å². The van der Waals surface area contributed by atoms with Crippen LogP contribution < -0.4 is 16.4 Å². The topological polar surface area (TPSA) is 89.4 Å². The van der Waals surface area contributed by atoms with E-state index in [1.165, 1.54) is 11.3 Å². The van der Waals surface area contributed by atoms with E-state index in [4.69, 9.17) is 11.5 Å². The number of amides is 1. The van der Waals surface area contributed by atoms with Crippen LogP contribution in [0.3, 0.4) is 0 Å². The van der Waals surface area contributed by atoms with Crippen molar-refractivity contribution in [2.75, 3.05) is 23.7 Å². The molecule has 4 N–H and O–H groups in total. The number of anilines is 2. The van der Waals surface area contributed by atoms with Gasteiger partial charge >= 0.3 is 0 Å². The first-order chi connectivity index (χ1) is 9.45. The quantitative estimate of drug-likeness (QED) is 0.834. The molecule has 1 aromatic rings. The van der Waals surface area contributed by atoms with Crippen molar-refractivity contribution < 1.29 is 9.59 Å². The Morgan fingerprint density at radius 1 is 1.35 bits per heavy atom. The Kier molecular flexibility index (Phi) is 4.32. The first-order valence-electron chi connectivity index (χ1n) is 6.95. The highest BCUT2D eigenvalue weighted by atomic mass is 32.1. The van der Waals surface area contributed by atoms with E-state index in [0.717, 1.165) is 30.9 Å². The number of rotatable bonds is 4. The van der Waals surface area contributed by atoms with Crippen LogP contribution >= 0.6 is 11.3 Å². The van der Waals surface area contributed by atoms with E-state index < -0.39 is 5.91 Å². The third-order valence-corrected chi connectivity index (χ3v) is 5.13. The highest BCUT2D eigenvalue weighted by Gasteiger charge is 2.28. The van der Waals surface area contributed by atoms with Crippen LogP contribution in [0.25, 0.3) is 0 Å². The third-order valence-electron chi connectivity index (χ3n) is 3.82. The molecule has 2 rings (SSSR count). The van der Waals surface area contributed by atoms with Crippen LogP contribution in [0.15, 0.2) is 0 Å². The van der Waals surface area contributed by atoms with Crippen molar-refractivity contribution >= 4 is 33.7 Å². The van der Waals surface area contributed by atoms with Gasteiger partial charge in [-0.25, -0.2) is 0 Å². The van der Waals surface area contributed by atoms with Gasteiger partial charge in [-0.15, -0.1) is 11.3 Å². The summed E-state index contributed by atoms with van der Waals surface area (Å²) < 4.78 is 0. The Labute approximate surface area is 122 Å². The molecule has 0 spiro atoms. The number of ketones is 1. The Hall–Kier alpha value is -1.56. The Morgan fingerprint density at radius 2 is 1.95 bits per heavy atom. The van der Waals surface area contributed by atoms with Gasteiger partial charge in [-0.2, -0.15) is 0 Å². The summed E-state index contributed by atoms with van der Waals surface area (Å²) in [6.45, 7) is 5.76. The van der Waals surface area contributed by atoms with E-state index in [9.17, 15) is 9.59 Å². The lowest BCUT2D eigenvalue weighted by Crippen LogP contribution is -2.33. The first kappa shape index (κ1) is 14.8. The van der Waals surface area contributed by atoms with Crippen molar-refractivity contribution in [1.29, 1.82) is 0 Å². The summed E-state index contributed by atoms with van der Waals surface area (Å²) in [5.74, 6) is 0.103. The molecule has 2 heterocycles. The van der Waals surface area contributed by atoms with E-state index in [1.54, 1.807) is 6.92 Å². The lowest BCUT2D eigenvalue weighted by Gasteiger charge is -2.31. The Balaban J connectivity index is 2.41. The molecule has 0 radical (unpaired) electrons. The predicted molar refractivity (Wildman–Crippen MR) is 82.5 cm³/mol. The van der Waals surface area contributed by atoms with Crippen LogP contribution in [0.4, 0.5) is 10.7 Å². The molecule has 1 aliphatic heterocycles. The summed E-state index contributed by atoms with van der Waals surface area (Å²) >= 11 is 1.31. The number of nitrogens with zero attached hydrogens (tertiary/aromatic N) is 1. The van der Waals surface area contributed by atoms with Gasteiger partial charge in [-0.3, -0.25) is 9.59 Å². The van der Waals surface area contributed by atoms with Crippen molar-refractivity contribution in [2.45, 2.75) is 33.1 Å². The number of Topliss-reactive ketones (excluding diaryl/α,β-unsaturated/α-hetero) is 1. The number of primary amides is 1. The SMILES string of the molecule is CCC(=O)c1sc(N2CCC(C)CC2)c(C(N)=O)c1N. The van der Waals surface area contributed by atoms with E-state index in [2.05, 4.69) is 11.8 Å². The molecule has 0 saturated carbocycles. The summed E-state index contributed by atoms with van der Waals surface area (Å²) in [5.41, 5.74) is 12.0. The number of hydrogen-bond donors (Lipinski definition) is 2. The van der Waals surface area contributed by atoms with Crippen molar-refractivity contribution in [3.63, 3.8) is 0 Å². The van der Waals surface area contributed by atoms with Crippen LogP contribution in [0.1, 0.15) is 53.1 Å². The van der Waals surface area contributed by atoms with Gasteiger partial charge in [0, 0.05) is 19.5 Å². The molecule has 0 aromatic carbocycles. The maximum atomic E-state index is 11.9. The van der Waals surface area contributed by atoms with Gasteiger partial charge in [0.2, 0.25) is 0 Å². The molecule has 1 fully saturated rings. The molecule has 1 amide bonds. The van der Waals surface area contributed by atoms with Gasteiger partial charge in [0.05, 0.1) is 16.1 Å². The second-order valence-corrected chi connectivity index (χ2v) is 6.33. The molecule has 6 heteroatoms. The molecule has 110 valence electrons. The summed E-state index contributed by atoms with van der Waals surface area (Å²) in [6.07, 6.45) is 2.53. The van der Waals surface area contributed by atoms with Gasteiger partial charge in [-0.05, 0) is 18.8 Å². The van der Waals surface area contributed by atoms with Crippen LogP contribution in [-0.2, 0) is 0 Å². The van der Waals surface area contributed by atoms with Crippen LogP contribution in [0.2, 0.25) is 0 Å². The average molecular weight is 295 g/mol. The summed E-state index contributed by atoms with van der Waals surface area (Å²) in [5, 5.41) is 0.763. The van der Waals surface area contributed by atoms with Gasteiger partial charge in [0.25, 0.3) is 5.91 Å². The number of carbonyl (C=O) groups is 2. The average Bonchev–Trinajstić information content (AvgIpc) is 2.76. The fraction of sp³-hybridized carbons (Fsp3) is 0.571. The lowest BCUT2D eigenvalue weighted by atomic mass is 9.99. The Bertz CT molecular complexity index is 531. The second-order valence-electron chi connectivity index (χ2n) is 5.34. The maximum Gasteiger partial charge on any atom is 0.253 e. The number of carbonyl (C=O) groups excluding carboxylic acids is 2. The number of piperidine rings is 1. The molecule has 1 saturated heterocycles. The van der Waals surface area contributed by atoms with Crippen LogP contribution in [-0.4, -0.2) is 24.8 Å². The summed E-state index contributed by atoms with van der Waals surface area (Å²) in [4.78, 5) is 26.2. The van der Waals surface area contributed by atoms with Crippen molar-refractivity contribution in [3.05, 3.63) is 10.4 Å². The molecule has 5 nitrogen and oxygen atoms in total. The summed E-state index contributed by atoms with van der Waals surface area (Å²) in [7, 11) is 0. The van der Waals surface area contributed by atoms with Gasteiger partial charge in [-0.1, -0.05) is 13.8 Å². The van der Waals surface area contributed by atoms with E-state index in [-0.39, 0.29) is 11.5 Å². The fourth-order valence-corrected chi connectivity index (χ4v) is 3.76. The number of hydrogen-bond acceptors (Lipinski definition) is 5. The molecule has 0 bridgehead atoms. The van der Waals surface area contributed by atoms with E-state index in [1.807, 2.05) is 0 Å². The number of nitrogens with two attached hydrogens (primary N) is 2. The lowest BCUT2D eigenvalue weighted by molar-refractivity contribution is 0.0991. The molecule has 0 atom stereocenters. The predicted octanol–water partition coefficient (Wildman–Crippen LogP) is 2.26. The van der Waals surface area contributed by atoms with Crippen LogP contribution in [0.5, 0.6) is 0 Å². The zero-order valence-corrected chi connectivity index (χ0v) is 12.8. The van der Waals surface area contributed by atoms with Crippen molar-refractivity contribution in [1.82, 2.24) is 0 Å². The van der Waals surface area contributed by atoms with E-state index >= 15 is 0 Å². The van der Waals surface area contributed by atoms with Crippen molar-refractivity contribution in [3.8, 4) is 0 Å². The van der Waals surface area contributed by atoms with Crippen molar-refractivity contribution in [2.24, 2.45) is 11.7 Å². The molecule has 20 heavy (non-hydrogen) atoms. The third kappa shape index (κ3) is 2.65. The molecule has 0 unspecified atom stereocenters. The standard InChI is InChI=1S/C14H21N3O2S/c1-3-9(18)12-11(15)10(13(16)19)14(20-12)17-6-4-8(2)5-7-17/h8H,3-7,15H2,1-2H3,(H2,16,19). The molecule has 1 aromatic heterocycles. The molecule has 0 aliphatic carbocycles. The summed E-state index contributed by atoms with van der Waals surface area (Å²) in [6, 6.07) is 0. The largest absolute Gasteiger partial charge is 0.397 e. The fourth-order valence-electron chi connectivity index (χ4n) is 2.47. The smallest absolute Gasteiger partial charge is 0.253 e. The number of nitrogen functional groups attached to an aromatic ring is 1. The second kappa shape index (κ2) is 5.83. The van der Waals surface area contributed by atoms with Gasteiger partial charge in [0.1, 0.15) is 5.00 Å². The number of thiophene rings is 1.